The Morgan fingerprint density at radius 1 is 0.778 bits per heavy atom. The molecule has 2 aromatic rings. The third kappa shape index (κ3) is 5.12. The van der Waals surface area contributed by atoms with Gasteiger partial charge < -0.3 is 9.80 Å². The van der Waals surface area contributed by atoms with E-state index in [0.29, 0.717) is 56.4 Å². The topological polar surface area (TPSA) is 81.2 Å². The molecule has 3 heterocycles. The normalized spacial score (nSPS) is 22.2. The molecule has 0 unspecified atom stereocenters. The van der Waals surface area contributed by atoms with E-state index >= 15 is 0 Å². The highest BCUT2D eigenvalue weighted by Crippen LogP contribution is 2.32. The smallest absolute Gasteiger partial charge is 0.243 e. The second-order valence-electron chi connectivity index (χ2n) is 10.0. The zero-order chi connectivity index (χ0) is 25.3. The zero-order valence-corrected chi connectivity index (χ0v) is 22.5. The van der Waals surface area contributed by atoms with Crippen molar-refractivity contribution in [2.45, 2.75) is 41.5 Å². The molecule has 0 aromatic heterocycles. The second kappa shape index (κ2) is 10.5. The predicted octanol–water partition coefficient (Wildman–Crippen LogP) is 2.34. The Morgan fingerprint density at radius 3 is 2.11 bits per heavy atom. The Morgan fingerprint density at radius 2 is 1.42 bits per heavy atom. The number of piperazine rings is 1. The molecule has 0 N–H and O–H groups in total. The van der Waals surface area contributed by atoms with Crippen LogP contribution in [0.4, 0.5) is 0 Å². The molecule has 2 aromatic carbocycles. The fraction of sp³-hybridized carbons (Fsp3) is 0.538. The number of benzene rings is 2. The van der Waals surface area contributed by atoms with E-state index in [0.717, 1.165) is 25.9 Å². The van der Waals surface area contributed by atoms with E-state index in [-0.39, 0.29) is 9.79 Å². The molecular formula is C26H35N4O4S2. The van der Waals surface area contributed by atoms with Gasteiger partial charge >= 0.3 is 0 Å². The molecular weight excluding hydrogens is 496 g/mol. The van der Waals surface area contributed by atoms with Gasteiger partial charge in [-0.1, -0.05) is 30.3 Å². The maximum absolute atomic E-state index is 13.5. The van der Waals surface area contributed by atoms with Crippen LogP contribution in [0.2, 0.25) is 0 Å². The van der Waals surface area contributed by atoms with Gasteiger partial charge in [-0.3, -0.25) is 0 Å². The Bertz CT molecular complexity index is 1280. The number of hydrogen-bond donors (Lipinski definition) is 0. The van der Waals surface area contributed by atoms with Crippen molar-refractivity contribution in [1.82, 2.24) is 18.4 Å². The van der Waals surface area contributed by atoms with Crippen molar-refractivity contribution in [3.8, 4) is 11.1 Å². The average molecular weight is 532 g/mol. The minimum atomic E-state index is -3.72. The Labute approximate surface area is 215 Å². The molecule has 3 aliphatic heterocycles. The highest BCUT2D eigenvalue weighted by Gasteiger charge is 2.33. The SMILES string of the molecule is CN1CCN(S(=O)(=O)c2ccccc2-c2cc[c]c(S(=O)(=O)N3CCC(N4CCCC4)CC3)c2)CC1. The number of rotatable bonds is 6. The summed E-state index contributed by atoms with van der Waals surface area (Å²) in [4.78, 5) is 4.90. The molecule has 0 amide bonds. The van der Waals surface area contributed by atoms with Gasteiger partial charge in [0, 0.05) is 56.9 Å². The molecule has 1 radical (unpaired) electrons. The van der Waals surface area contributed by atoms with Crippen LogP contribution in [0, 0.1) is 6.07 Å². The summed E-state index contributed by atoms with van der Waals surface area (Å²) in [6.45, 7) is 5.45. The number of piperidine rings is 1. The van der Waals surface area contributed by atoms with Gasteiger partial charge in [0.15, 0.2) is 0 Å². The summed E-state index contributed by atoms with van der Waals surface area (Å²) >= 11 is 0. The van der Waals surface area contributed by atoms with Crippen LogP contribution in [0.3, 0.4) is 0 Å². The van der Waals surface area contributed by atoms with Gasteiger partial charge in [-0.2, -0.15) is 8.61 Å². The van der Waals surface area contributed by atoms with Gasteiger partial charge in [0.1, 0.15) is 0 Å². The molecule has 3 saturated heterocycles. The first kappa shape index (κ1) is 25.8. The van der Waals surface area contributed by atoms with Crippen molar-refractivity contribution in [2.24, 2.45) is 0 Å². The van der Waals surface area contributed by atoms with Gasteiger partial charge in [-0.05, 0) is 63.5 Å². The van der Waals surface area contributed by atoms with E-state index in [4.69, 9.17) is 0 Å². The van der Waals surface area contributed by atoms with Gasteiger partial charge in [0.25, 0.3) is 0 Å². The maximum atomic E-state index is 13.5. The van der Waals surface area contributed by atoms with Crippen molar-refractivity contribution in [3.63, 3.8) is 0 Å². The number of hydrogen-bond acceptors (Lipinski definition) is 6. The molecule has 0 spiro atoms. The molecule has 5 rings (SSSR count). The first-order valence-electron chi connectivity index (χ1n) is 12.8. The minimum absolute atomic E-state index is 0.0893. The number of likely N-dealkylation sites (tertiary alicyclic amines) is 1. The molecule has 195 valence electrons. The monoisotopic (exact) mass is 531 g/mol. The highest BCUT2D eigenvalue weighted by atomic mass is 32.2. The van der Waals surface area contributed by atoms with Crippen molar-refractivity contribution in [2.75, 3.05) is 59.4 Å². The Balaban J connectivity index is 1.39. The fourth-order valence-corrected chi connectivity index (χ4v) is 8.65. The standard InChI is InChI=1S/C26H35N4O4S2/c1-27-17-19-30(20-18-27)36(33,34)26-10-3-2-9-25(26)22-7-6-8-24(21-22)35(31,32)29-15-11-23(12-16-29)28-13-4-5-14-28/h2-3,6-7,9-10,21,23H,4-5,11-20H2,1H3. The quantitative estimate of drug-likeness (QED) is 0.569. The molecule has 8 nitrogen and oxygen atoms in total. The molecule has 0 bridgehead atoms. The molecule has 36 heavy (non-hydrogen) atoms. The van der Waals surface area contributed by atoms with Crippen molar-refractivity contribution >= 4 is 20.0 Å². The van der Waals surface area contributed by atoms with Gasteiger partial charge in [-0.25, -0.2) is 16.8 Å². The van der Waals surface area contributed by atoms with Crippen LogP contribution >= 0.6 is 0 Å². The summed E-state index contributed by atoms with van der Waals surface area (Å²) in [5, 5.41) is 0. The number of nitrogens with zero attached hydrogens (tertiary/aromatic N) is 4. The lowest BCUT2D eigenvalue weighted by molar-refractivity contribution is 0.168. The summed E-state index contributed by atoms with van der Waals surface area (Å²) in [7, 11) is -5.45. The van der Waals surface area contributed by atoms with Crippen LogP contribution in [0.1, 0.15) is 25.7 Å². The van der Waals surface area contributed by atoms with E-state index in [1.165, 1.54) is 17.1 Å². The van der Waals surface area contributed by atoms with Crippen LogP contribution in [-0.4, -0.2) is 101 Å². The highest BCUT2D eigenvalue weighted by molar-refractivity contribution is 7.89. The van der Waals surface area contributed by atoms with Gasteiger partial charge in [-0.15, -0.1) is 0 Å². The lowest BCUT2D eigenvalue weighted by Gasteiger charge is -2.36. The molecule has 3 fully saturated rings. The van der Waals surface area contributed by atoms with Gasteiger partial charge in [0.05, 0.1) is 9.79 Å². The van der Waals surface area contributed by atoms with E-state index in [9.17, 15) is 16.8 Å². The molecule has 10 heteroatoms. The maximum Gasteiger partial charge on any atom is 0.243 e. The first-order chi connectivity index (χ1) is 17.3. The Hall–Kier alpha value is -1.82. The third-order valence-electron chi connectivity index (χ3n) is 7.75. The lowest BCUT2D eigenvalue weighted by atomic mass is 10.1. The third-order valence-corrected chi connectivity index (χ3v) is 11.5. The van der Waals surface area contributed by atoms with Crippen molar-refractivity contribution in [1.29, 1.82) is 0 Å². The largest absolute Gasteiger partial charge is 0.304 e. The lowest BCUT2D eigenvalue weighted by Crippen LogP contribution is -2.47. The predicted molar refractivity (Wildman–Crippen MR) is 140 cm³/mol. The second-order valence-corrected chi connectivity index (χ2v) is 13.8. The summed E-state index contributed by atoms with van der Waals surface area (Å²) in [6.07, 6.45) is 4.13. The molecule has 0 saturated carbocycles. The minimum Gasteiger partial charge on any atom is -0.304 e. The van der Waals surface area contributed by atoms with E-state index in [1.807, 2.05) is 7.05 Å². The summed E-state index contributed by atoms with van der Waals surface area (Å²) in [5.41, 5.74) is 1.07. The summed E-state index contributed by atoms with van der Waals surface area (Å²) < 4.78 is 57.1. The van der Waals surface area contributed by atoms with Crippen LogP contribution in [0.25, 0.3) is 11.1 Å². The van der Waals surface area contributed by atoms with Crippen molar-refractivity contribution < 1.29 is 16.8 Å². The van der Waals surface area contributed by atoms with Gasteiger partial charge in [0.2, 0.25) is 20.0 Å². The van der Waals surface area contributed by atoms with Crippen LogP contribution < -0.4 is 0 Å². The van der Waals surface area contributed by atoms with E-state index in [2.05, 4.69) is 15.9 Å². The van der Waals surface area contributed by atoms with E-state index < -0.39 is 20.0 Å². The van der Waals surface area contributed by atoms with Crippen molar-refractivity contribution in [3.05, 3.63) is 48.5 Å². The fourth-order valence-electron chi connectivity index (χ4n) is 5.55. The molecule has 3 aliphatic rings. The average Bonchev–Trinajstić information content (AvgIpc) is 3.44. The summed E-state index contributed by atoms with van der Waals surface area (Å²) in [6, 6.07) is 15.1. The Kier molecular flexibility index (Phi) is 7.54. The number of likely N-dealkylation sites (N-methyl/N-ethyl adjacent to an activating group) is 1. The summed E-state index contributed by atoms with van der Waals surface area (Å²) in [5.74, 6) is 0. The zero-order valence-electron chi connectivity index (χ0n) is 20.8. The first-order valence-corrected chi connectivity index (χ1v) is 15.7. The molecule has 0 aliphatic carbocycles. The van der Waals surface area contributed by atoms with Crippen LogP contribution in [-0.2, 0) is 20.0 Å². The van der Waals surface area contributed by atoms with Crippen LogP contribution in [0.5, 0.6) is 0 Å². The molecule has 0 atom stereocenters. The number of sulfonamides is 2. The van der Waals surface area contributed by atoms with E-state index in [1.54, 1.807) is 46.8 Å². The van der Waals surface area contributed by atoms with Crippen LogP contribution in [0.15, 0.2) is 52.3 Å².